The molecular formula is C24H31BN7O4S. The largest absolute Gasteiger partial charge is 0.444 e. The van der Waals surface area contributed by atoms with Gasteiger partial charge in [0.05, 0.1) is 17.6 Å². The van der Waals surface area contributed by atoms with E-state index in [0.29, 0.717) is 22.9 Å². The van der Waals surface area contributed by atoms with Crippen LogP contribution in [0.1, 0.15) is 44.1 Å². The molecule has 0 saturated carbocycles. The minimum absolute atomic E-state index is 0.0807. The third kappa shape index (κ3) is 7.23. The standard InChI is InChI=1S/C24H31BN7O4S/c1-24(2,3)36-23(34)28-17-6-5-9-32(13-17)20-8-7-16(31-25-35-4)10-18(20)29-21(33)19-14-37-22(30-19)15-11-26-27-12-15/h7-8,10-12,14,17,31H,5-6,9,13H2,1-4H3,(H,26,27)(H,28,34)(H,29,33)/t17-/m1/s1. The van der Waals surface area contributed by atoms with Crippen LogP contribution in [0, 0.1) is 0 Å². The molecule has 1 atom stereocenters. The first-order valence-corrected chi connectivity index (χ1v) is 12.9. The number of rotatable bonds is 8. The SMILES string of the molecule is CO[B]Nc1ccc(N2CCC[C@@H](NC(=O)OC(C)(C)C)C2)c(NC(=O)c2csc(-c3cn[nH]c3)n2)c1. The Labute approximate surface area is 220 Å². The summed E-state index contributed by atoms with van der Waals surface area (Å²) in [5.74, 6) is -0.319. The summed E-state index contributed by atoms with van der Waals surface area (Å²) in [4.78, 5) is 32.1. The maximum absolute atomic E-state index is 13.2. The summed E-state index contributed by atoms with van der Waals surface area (Å²) in [6.45, 7) is 6.89. The molecule has 195 valence electrons. The molecule has 4 N–H and O–H groups in total. The number of aromatic amines is 1. The molecule has 1 aliphatic rings. The summed E-state index contributed by atoms with van der Waals surface area (Å²) in [6.07, 6.45) is 4.69. The number of nitrogens with zero attached hydrogens (tertiary/aromatic N) is 3. The first-order valence-electron chi connectivity index (χ1n) is 12.0. The highest BCUT2D eigenvalue weighted by Crippen LogP contribution is 2.32. The van der Waals surface area contributed by atoms with E-state index < -0.39 is 11.7 Å². The van der Waals surface area contributed by atoms with Crippen LogP contribution in [-0.2, 0) is 9.39 Å². The number of ether oxygens (including phenoxy) is 1. The Morgan fingerprint density at radius 1 is 1.30 bits per heavy atom. The molecule has 1 radical (unpaired) electrons. The molecule has 3 aromatic rings. The molecule has 13 heteroatoms. The molecule has 1 fully saturated rings. The number of benzene rings is 1. The van der Waals surface area contributed by atoms with Crippen molar-refractivity contribution in [1.29, 1.82) is 0 Å². The summed E-state index contributed by atoms with van der Waals surface area (Å²) in [7, 11) is 3.01. The van der Waals surface area contributed by atoms with E-state index >= 15 is 0 Å². The van der Waals surface area contributed by atoms with Gasteiger partial charge >= 0.3 is 13.7 Å². The minimum Gasteiger partial charge on any atom is -0.444 e. The number of amides is 2. The number of carbonyl (C=O) groups excluding carboxylic acids is 2. The molecule has 1 aliphatic heterocycles. The Morgan fingerprint density at radius 3 is 2.86 bits per heavy atom. The van der Waals surface area contributed by atoms with Gasteiger partial charge in [0.2, 0.25) is 0 Å². The third-order valence-corrected chi connectivity index (χ3v) is 6.44. The number of thiazole rings is 1. The average molecular weight is 524 g/mol. The number of hydrogen-bond donors (Lipinski definition) is 4. The molecule has 0 spiro atoms. The Balaban J connectivity index is 1.52. The summed E-state index contributed by atoms with van der Waals surface area (Å²) >= 11 is 1.37. The quantitative estimate of drug-likeness (QED) is 0.327. The van der Waals surface area contributed by atoms with E-state index in [1.807, 2.05) is 39.0 Å². The van der Waals surface area contributed by atoms with E-state index in [9.17, 15) is 9.59 Å². The number of piperidine rings is 1. The van der Waals surface area contributed by atoms with Gasteiger partial charge in [-0.1, -0.05) is 0 Å². The van der Waals surface area contributed by atoms with Crippen molar-refractivity contribution in [1.82, 2.24) is 20.5 Å². The number of alkyl carbamates (subject to hydrolysis) is 1. The van der Waals surface area contributed by atoms with Crippen LogP contribution in [0.25, 0.3) is 10.6 Å². The van der Waals surface area contributed by atoms with Gasteiger partial charge < -0.3 is 30.2 Å². The van der Waals surface area contributed by atoms with Crippen LogP contribution < -0.4 is 20.8 Å². The third-order valence-electron chi connectivity index (χ3n) is 5.55. The van der Waals surface area contributed by atoms with Crippen LogP contribution in [0.2, 0.25) is 0 Å². The maximum Gasteiger partial charge on any atom is 0.435 e. The van der Waals surface area contributed by atoms with Crippen LogP contribution in [0.4, 0.5) is 21.9 Å². The fourth-order valence-electron chi connectivity index (χ4n) is 3.98. The second-order valence-corrected chi connectivity index (χ2v) is 10.5. The summed E-state index contributed by atoms with van der Waals surface area (Å²) < 4.78 is 10.4. The highest BCUT2D eigenvalue weighted by molar-refractivity contribution is 7.13. The van der Waals surface area contributed by atoms with E-state index in [2.05, 4.69) is 35.9 Å². The predicted octanol–water partition coefficient (Wildman–Crippen LogP) is 3.87. The normalized spacial score (nSPS) is 15.7. The monoisotopic (exact) mass is 524 g/mol. The summed E-state index contributed by atoms with van der Waals surface area (Å²) in [5.41, 5.74) is 2.79. The summed E-state index contributed by atoms with van der Waals surface area (Å²) in [5, 5.41) is 18.2. The molecule has 37 heavy (non-hydrogen) atoms. The van der Waals surface area contributed by atoms with E-state index in [1.54, 1.807) is 24.9 Å². The van der Waals surface area contributed by atoms with Crippen LogP contribution in [0.15, 0.2) is 36.0 Å². The van der Waals surface area contributed by atoms with E-state index in [1.165, 1.54) is 19.0 Å². The number of anilines is 3. The van der Waals surface area contributed by atoms with E-state index in [0.717, 1.165) is 36.3 Å². The highest BCUT2D eigenvalue weighted by Gasteiger charge is 2.26. The smallest absolute Gasteiger partial charge is 0.435 e. The lowest BCUT2D eigenvalue weighted by atomic mass is 10.0. The lowest BCUT2D eigenvalue weighted by Crippen LogP contribution is -2.49. The first kappa shape index (κ1) is 26.5. The van der Waals surface area contributed by atoms with Crippen molar-refractivity contribution in [3.05, 3.63) is 41.7 Å². The van der Waals surface area contributed by atoms with Crippen molar-refractivity contribution in [2.75, 3.05) is 35.6 Å². The molecule has 3 heterocycles. The minimum atomic E-state index is -0.564. The van der Waals surface area contributed by atoms with Gasteiger partial charge in [-0.15, -0.1) is 11.3 Å². The zero-order valence-corrected chi connectivity index (χ0v) is 22.1. The second-order valence-electron chi connectivity index (χ2n) is 9.64. The highest BCUT2D eigenvalue weighted by atomic mass is 32.1. The Hall–Kier alpha value is -3.58. The second kappa shape index (κ2) is 11.7. The fourth-order valence-corrected chi connectivity index (χ4v) is 4.76. The molecule has 2 amide bonds. The zero-order chi connectivity index (χ0) is 26.4. The van der Waals surface area contributed by atoms with Gasteiger partial charge in [0.1, 0.15) is 16.3 Å². The predicted molar refractivity (Wildman–Crippen MR) is 145 cm³/mol. The fraction of sp³-hybridized carbons (Fsp3) is 0.417. The van der Waals surface area contributed by atoms with E-state index in [-0.39, 0.29) is 11.9 Å². The Kier molecular flexibility index (Phi) is 8.34. The topological polar surface area (TPSA) is 134 Å². The van der Waals surface area contributed by atoms with Gasteiger partial charge in [-0.2, -0.15) is 5.10 Å². The van der Waals surface area contributed by atoms with Crippen LogP contribution in [-0.4, -0.2) is 66.6 Å². The van der Waals surface area contributed by atoms with Gasteiger partial charge in [0, 0.05) is 49.1 Å². The van der Waals surface area contributed by atoms with Crippen molar-refractivity contribution in [2.45, 2.75) is 45.3 Å². The molecule has 11 nitrogen and oxygen atoms in total. The molecule has 0 unspecified atom stereocenters. The van der Waals surface area contributed by atoms with Crippen molar-refractivity contribution in [3.8, 4) is 10.6 Å². The number of carbonyl (C=O) groups is 2. The van der Waals surface area contributed by atoms with E-state index in [4.69, 9.17) is 9.39 Å². The lowest BCUT2D eigenvalue weighted by molar-refractivity contribution is 0.0500. The molecule has 2 aromatic heterocycles. The molecule has 0 aliphatic carbocycles. The van der Waals surface area contributed by atoms with Gasteiger partial charge in [-0.25, -0.2) is 9.78 Å². The number of nitrogens with one attached hydrogen (secondary N) is 4. The number of aromatic nitrogens is 3. The number of H-pyrrole nitrogens is 1. The van der Waals surface area contributed by atoms with Crippen LogP contribution >= 0.6 is 11.3 Å². The van der Waals surface area contributed by atoms with Gasteiger partial charge in [-0.05, 0) is 51.8 Å². The molecule has 0 bridgehead atoms. The summed E-state index contributed by atoms with van der Waals surface area (Å²) in [6, 6.07) is 5.61. The van der Waals surface area contributed by atoms with Crippen LogP contribution in [0.5, 0.6) is 0 Å². The van der Waals surface area contributed by atoms with Gasteiger partial charge in [-0.3, -0.25) is 9.89 Å². The Morgan fingerprint density at radius 2 is 2.14 bits per heavy atom. The average Bonchev–Trinajstić information content (AvgIpc) is 3.54. The van der Waals surface area contributed by atoms with Crippen LogP contribution in [0.3, 0.4) is 0 Å². The van der Waals surface area contributed by atoms with Crippen molar-refractivity contribution in [2.24, 2.45) is 0 Å². The Bertz CT molecular complexity index is 1210. The molecule has 1 saturated heterocycles. The maximum atomic E-state index is 13.2. The lowest BCUT2D eigenvalue weighted by Gasteiger charge is -2.36. The zero-order valence-electron chi connectivity index (χ0n) is 21.3. The molecular weight excluding hydrogens is 493 g/mol. The molecule has 1 aromatic carbocycles. The number of hydrogen-bond acceptors (Lipinski definition) is 9. The van der Waals surface area contributed by atoms with Crippen molar-refractivity contribution < 1.29 is 19.0 Å². The van der Waals surface area contributed by atoms with Gasteiger partial charge in [0.25, 0.3) is 5.91 Å². The van der Waals surface area contributed by atoms with Crippen molar-refractivity contribution >= 4 is 48.0 Å². The van der Waals surface area contributed by atoms with Crippen molar-refractivity contribution in [3.63, 3.8) is 0 Å². The molecule has 4 rings (SSSR count). The van der Waals surface area contributed by atoms with Gasteiger partial charge in [0.15, 0.2) is 0 Å². The first-order chi connectivity index (χ1) is 17.7.